The molecule has 1 aromatic rings. The van der Waals surface area contributed by atoms with Crippen LogP contribution in [0.1, 0.15) is 11.5 Å². The van der Waals surface area contributed by atoms with Gasteiger partial charge in [-0.05, 0) is 11.6 Å². The number of amides is 1. The molecular formula is C14H11ClN2O3S. The number of hydrogen-bond donors (Lipinski definition) is 2. The fourth-order valence-corrected chi connectivity index (χ4v) is 2.83. The van der Waals surface area contributed by atoms with E-state index in [0.717, 1.165) is 0 Å². The predicted molar refractivity (Wildman–Crippen MR) is 79.5 cm³/mol. The number of nitrogens with zero attached hydrogens (tertiary/aromatic N) is 1. The Hall–Kier alpha value is -1.97. The molecule has 0 saturated heterocycles. The zero-order valence-corrected chi connectivity index (χ0v) is 12.6. The number of nitrogens with one attached hydrogen (secondary N) is 1. The first kappa shape index (κ1) is 15.4. The number of nitriles is 1. The van der Waals surface area contributed by atoms with Gasteiger partial charge in [0.1, 0.15) is 5.92 Å². The minimum atomic E-state index is -1.18. The second-order valence-corrected chi connectivity index (χ2v) is 5.22. The molecule has 1 aliphatic heterocycles. The van der Waals surface area contributed by atoms with E-state index in [9.17, 15) is 14.9 Å². The van der Waals surface area contributed by atoms with Crippen LogP contribution in [0.4, 0.5) is 0 Å². The van der Waals surface area contributed by atoms with Gasteiger partial charge in [0.15, 0.2) is 0 Å². The van der Waals surface area contributed by atoms with Crippen LogP contribution in [-0.2, 0) is 14.3 Å². The zero-order chi connectivity index (χ0) is 15.6. The number of esters is 1. The van der Waals surface area contributed by atoms with Gasteiger partial charge in [-0.15, -0.1) is 12.6 Å². The van der Waals surface area contributed by atoms with Crippen molar-refractivity contribution < 1.29 is 14.3 Å². The second kappa shape index (κ2) is 6.20. The molecule has 0 saturated carbocycles. The molecule has 1 heterocycles. The number of carbonyl (C=O) groups is 2. The highest BCUT2D eigenvalue weighted by Crippen LogP contribution is 2.40. The van der Waals surface area contributed by atoms with Crippen molar-refractivity contribution in [2.24, 2.45) is 5.92 Å². The number of rotatable bonds is 2. The lowest BCUT2D eigenvalue weighted by Gasteiger charge is -2.30. The third-order valence-corrected chi connectivity index (χ3v) is 3.94. The summed E-state index contributed by atoms with van der Waals surface area (Å²) in [6.45, 7) is 0. The average molecular weight is 323 g/mol. The van der Waals surface area contributed by atoms with Gasteiger partial charge in [-0.2, -0.15) is 5.26 Å². The van der Waals surface area contributed by atoms with E-state index in [0.29, 0.717) is 10.6 Å². The Labute approximate surface area is 131 Å². The molecule has 0 radical (unpaired) electrons. The van der Waals surface area contributed by atoms with E-state index < -0.39 is 23.7 Å². The summed E-state index contributed by atoms with van der Waals surface area (Å²) in [4.78, 5) is 24.1. The molecule has 1 N–H and O–H groups in total. The molecule has 2 atom stereocenters. The molecule has 2 rings (SSSR count). The molecule has 0 fully saturated rings. The summed E-state index contributed by atoms with van der Waals surface area (Å²) in [6, 6.07) is 8.72. The number of allylic oxidation sites excluding steroid dienone is 1. The van der Waals surface area contributed by atoms with Crippen molar-refractivity contribution in [2.45, 2.75) is 5.92 Å². The minimum absolute atomic E-state index is 0.118. The summed E-state index contributed by atoms with van der Waals surface area (Å²) < 4.78 is 4.68. The van der Waals surface area contributed by atoms with E-state index in [1.165, 1.54) is 7.11 Å². The summed E-state index contributed by atoms with van der Waals surface area (Å²) in [6.07, 6.45) is 0. The van der Waals surface area contributed by atoms with Crippen LogP contribution in [0, 0.1) is 17.2 Å². The standard InChI is InChI=1S/C14H11ClN2O3S/c1-20-14(19)11-10(7-4-2-3-5-9(7)15)8(6-16)13(21)17-12(11)18/h2-5,10-11,21H,1H3,(H,17,18). The fourth-order valence-electron chi connectivity index (χ4n) is 2.28. The molecule has 5 nitrogen and oxygen atoms in total. The van der Waals surface area contributed by atoms with Gasteiger partial charge in [0.2, 0.25) is 5.91 Å². The first-order valence-corrected chi connectivity index (χ1v) is 6.80. The van der Waals surface area contributed by atoms with Gasteiger partial charge in [-0.1, -0.05) is 29.8 Å². The maximum atomic E-state index is 12.1. The average Bonchev–Trinajstić information content (AvgIpc) is 2.46. The van der Waals surface area contributed by atoms with Crippen LogP contribution < -0.4 is 5.32 Å². The molecule has 21 heavy (non-hydrogen) atoms. The molecule has 0 bridgehead atoms. The van der Waals surface area contributed by atoms with Crippen molar-refractivity contribution in [3.8, 4) is 6.07 Å². The van der Waals surface area contributed by atoms with Crippen LogP contribution >= 0.6 is 24.2 Å². The number of halogens is 1. The Balaban J connectivity index is 2.66. The number of carbonyl (C=O) groups excluding carboxylic acids is 2. The fraction of sp³-hybridized carbons (Fsp3) is 0.214. The van der Waals surface area contributed by atoms with Crippen LogP contribution in [0.15, 0.2) is 34.9 Å². The summed E-state index contributed by atoms with van der Waals surface area (Å²) in [7, 11) is 1.19. The highest BCUT2D eigenvalue weighted by molar-refractivity contribution is 7.84. The highest BCUT2D eigenvalue weighted by Gasteiger charge is 2.44. The lowest BCUT2D eigenvalue weighted by atomic mass is 9.78. The lowest BCUT2D eigenvalue weighted by Crippen LogP contribution is -2.43. The van der Waals surface area contributed by atoms with Gasteiger partial charge in [0, 0.05) is 10.9 Å². The van der Waals surface area contributed by atoms with Crippen LogP contribution in [0.3, 0.4) is 0 Å². The zero-order valence-electron chi connectivity index (χ0n) is 11.0. The van der Waals surface area contributed by atoms with E-state index in [1.54, 1.807) is 24.3 Å². The second-order valence-electron chi connectivity index (χ2n) is 4.36. The SMILES string of the molecule is COC(=O)C1C(=O)NC(S)=C(C#N)C1c1ccccc1Cl. The lowest BCUT2D eigenvalue weighted by molar-refractivity contribution is -0.150. The number of benzene rings is 1. The first-order valence-electron chi connectivity index (χ1n) is 5.97. The van der Waals surface area contributed by atoms with Crippen LogP contribution in [0.25, 0.3) is 0 Å². The minimum Gasteiger partial charge on any atom is -0.468 e. The van der Waals surface area contributed by atoms with Gasteiger partial charge in [-0.25, -0.2) is 0 Å². The Kier molecular flexibility index (Phi) is 4.56. The molecule has 7 heteroatoms. The molecule has 0 aromatic heterocycles. The molecule has 0 spiro atoms. The molecule has 2 unspecified atom stereocenters. The van der Waals surface area contributed by atoms with Gasteiger partial charge in [-0.3, -0.25) is 9.59 Å². The monoisotopic (exact) mass is 322 g/mol. The smallest absolute Gasteiger partial charge is 0.319 e. The molecule has 1 amide bonds. The van der Waals surface area contributed by atoms with Crippen molar-refractivity contribution in [3.63, 3.8) is 0 Å². The Morgan fingerprint density at radius 1 is 1.48 bits per heavy atom. The normalized spacial score (nSPS) is 21.5. The first-order chi connectivity index (χ1) is 10.0. The Morgan fingerprint density at radius 2 is 2.14 bits per heavy atom. The highest BCUT2D eigenvalue weighted by atomic mass is 35.5. The molecule has 1 aliphatic rings. The summed E-state index contributed by atoms with van der Waals surface area (Å²) in [5.74, 6) is -3.31. The van der Waals surface area contributed by atoms with Crippen LogP contribution in [0.2, 0.25) is 5.02 Å². The van der Waals surface area contributed by atoms with Crippen LogP contribution in [-0.4, -0.2) is 19.0 Å². The topological polar surface area (TPSA) is 79.2 Å². The Bertz CT molecular complexity index is 681. The van der Waals surface area contributed by atoms with E-state index in [1.807, 2.05) is 6.07 Å². The molecule has 1 aromatic carbocycles. The number of thiol groups is 1. The Morgan fingerprint density at radius 3 is 2.71 bits per heavy atom. The largest absolute Gasteiger partial charge is 0.468 e. The van der Waals surface area contributed by atoms with Crippen molar-refractivity contribution >= 4 is 36.1 Å². The third-order valence-electron chi connectivity index (χ3n) is 3.24. The predicted octanol–water partition coefficient (Wildman–Crippen LogP) is 2.01. The van der Waals surface area contributed by atoms with E-state index >= 15 is 0 Å². The van der Waals surface area contributed by atoms with E-state index in [-0.39, 0.29) is 10.6 Å². The summed E-state index contributed by atoms with van der Waals surface area (Å²) in [5, 5.41) is 12.2. The van der Waals surface area contributed by atoms with E-state index in [4.69, 9.17) is 11.6 Å². The summed E-state index contributed by atoms with van der Waals surface area (Å²) in [5.41, 5.74) is 0.675. The van der Waals surface area contributed by atoms with Gasteiger partial charge >= 0.3 is 5.97 Å². The maximum absolute atomic E-state index is 12.1. The molecule has 108 valence electrons. The van der Waals surface area contributed by atoms with Gasteiger partial charge in [0.25, 0.3) is 0 Å². The number of hydrogen-bond acceptors (Lipinski definition) is 5. The third kappa shape index (κ3) is 2.75. The van der Waals surface area contributed by atoms with Crippen molar-refractivity contribution in [2.75, 3.05) is 7.11 Å². The quantitative estimate of drug-likeness (QED) is 0.496. The maximum Gasteiger partial charge on any atom is 0.319 e. The van der Waals surface area contributed by atoms with Crippen molar-refractivity contribution in [1.82, 2.24) is 5.32 Å². The van der Waals surface area contributed by atoms with Gasteiger partial charge in [0.05, 0.1) is 23.8 Å². The summed E-state index contributed by atoms with van der Waals surface area (Å²) >= 11 is 10.3. The molecular weight excluding hydrogens is 312 g/mol. The van der Waals surface area contributed by atoms with Crippen molar-refractivity contribution in [1.29, 1.82) is 5.26 Å². The van der Waals surface area contributed by atoms with Gasteiger partial charge < -0.3 is 10.1 Å². The van der Waals surface area contributed by atoms with Crippen LogP contribution in [0.5, 0.6) is 0 Å². The van der Waals surface area contributed by atoms with Crippen molar-refractivity contribution in [3.05, 3.63) is 45.5 Å². The molecule has 0 aliphatic carbocycles. The number of ether oxygens (including phenoxy) is 1. The van der Waals surface area contributed by atoms with E-state index in [2.05, 4.69) is 22.7 Å². The number of methoxy groups -OCH3 is 1.